The number of rotatable bonds is 9. The number of aliphatic hydroxyl groups excluding tert-OH is 1. The van der Waals surface area contributed by atoms with Gasteiger partial charge in [0.15, 0.2) is 0 Å². The number of nitrogens with one attached hydrogen (secondary N) is 3. The maximum absolute atomic E-state index is 13.9. The smallest absolute Gasteiger partial charge is 0.407 e. The standard InChI is InChI=1S/C34H50N4O6/c1-6-22(2)30-32(41)36-17-10-18-43-25-15-13-24(14-16-25)19-26(31(40)38-30)27(35)21-29(39)28(20-23-11-8-7-9-12-23)37-33(42)44-34(3,4)5/h7-9,11-16,22,26-30,39H,6,10,17-21,35H2,1-5H3,(H,36,41)(H,37,42)(H,38,40)/t22-,26+,27?,28?,29+,30-/m0/s1. The van der Waals surface area contributed by atoms with Crippen molar-refractivity contribution in [1.29, 1.82) is 0 Å². The van der Waals surface area contributed by atoms with E-state index in [4.69, 9.17) is 15.2 Å². The van der Waals surface area contributed by atoms with E-state index in [2.05, 4.69) is 16.0 Å². The monoisotopic (exact) mass is 610 g/mol. The van der Waals surface area contributed by atoms with Gasteiger partial charge in [0.25, 0.3) is 0 Å². The fourth-order valence-electron chi connectivity index (χ4n) is 5.18. The summed E-state index contributed by atoms with van der Waals surface area (Å²) in [6.07, 6.45) is 0.221. The number of carbonyl (C=O) groups is 3. The van der Waals surface area contributed by atoms with Crippen molar-refractivity contribution in [2.45, 2.75) is 96.6 Å². The molecule has 242 valence electrons. The first-order valence-electron chi connectivity index (χ1n) is 15.6. The van der Waals surface area contributed by atoms with Crippen LogP contribution in [0.5, 0.6) is 5.75 Å². The van der Waals surface area contributed by atoms with Crippen molar-refractivity contribution in [3.63, 3.8) is 0 Å². The van der Waals surface area contributed by atoms with Gasteiger partial charge in [0.2, 0.25) is 11.8 Å². The van der Waals surface area contributed by atoms with Crippen molar-refractivity contribution in [3.8, 4) is 5.75 Å². The summed E-state index contributed by atoms with van der Waals surface area (Å²) in [5.41, 5.74) is 7.79. The van der Waals surface area contributed by atoms with Crippen LogP contribution in [0.3, 0.4) is 0 Å². The van der Waals surface area contributed by atoms with Crippen LogP contribution >= 0.6 is 0 Å². The lowest BCUT2D eigenvalue weighted by Crippen LogP contribution is -2.55. The maximum Gasteiger partial charge on any atom is 0.407 e. The van der Waals surface area contributed by atoms with Gasteiger partial charge in [-0.1, -0.05) is 62.7 Å². The lowest BCUT2D eigenvalue weighted by Gasteiger charge is -2.32. The zero-order valence-corrected chi connectivity index (χ0v) is 26.7. The number of alkyl carbamates (subject to hydrolysis) is 1. The Kier molecular flexibility index (Phi) is 13.0. The number of fused-ring (bicyclic) bond motifs is 12. The largest absolute Gasteiger partial charge is 0.494 e. The van der Waals surface area contributed by atoms with Gasteiger partial charge in [-0.05, 0) is 75.6 Å². The minimum absolute atomic E-state index is 0.0206. The molecule has 2 unspecified atom stereocenters. The summed E-state index contributed by atoms with van der Waals surface area (Å²) in [6.45, 7) is 10.1. The van der Waals surface area contributed by atoms with Gasteiger partial charge in [-0.3, -0.25) is 9.59 Å². The van der Waals surface area contributed by atoms with Gasteiger partial charge in [-0.25, -0.2) is 4.79 Å². The van der Waals surface area contributed by atoms with Crippen LogP contribution < -0.4 is 26.4 Å². The van der Waals surface area contributed by atoms with Crippen LogP contribution in [-0.2, 0) is 27.2 Å². The first kappa shape index (κ1) is 34.9. The van der Waals surface area contributed by atoms with Crippen LogP contribution in [0, 0.1) is 11.8 Å². The highest BCUT2D eigenvalue weighted by Gasteiger charge is 2.35. The molecule has 2 aromatic carbocycles. The predicted octanol–water partition coefficient (Wildman–Crippen LogP) is 3.49. The molecule has 44 heavy (non-hydrogen) atoms. The third kappa shape index (κ3) is 11.1. The molecule has 0 fully saturated rings. The van der Waals surface area contributed by atoms with E-state index in [0.717, 1.165) is 11.1 Å². The normalized spacial score (nSPS) is 20.9. The van der Waals surface area contributed by atoms with Crippen LogP contribution in [0.2, 0.25) is 0 Å². The van der Waals surface area contributed by atoms with Crippen LogP contribution in [0.15, 0.2) is 54.6 Å². The van der Waals surface area contributed by atoms with Gasteiger partial charge in [0.05, 0.1) is 24.7 Å². The topological polar surface area (TPSA) is 152 Å². The Bertz CT molecular complexity index is 1200. The third-order valence-electron chi connectivity index (χ3n) is 7.89. The molecule has 2 aliphatic heterocycles. The van der Waals surface area contributed by atoms with E-state index in [-0.39, 0.29) is 30.6 Å². The van der Waals surface area contributed by atoms with E-state index in [1.807, 2.05) is 68.4 Å². The van der Waals surface area contributed by atoms with Gasteiger partial charge >= 0.3 is 6.09 Å². The minimum atomic E-state index is -1.09. The molecule has 2 heterocycles. The summed E-state index contributed by atoms with van der Waals surface area (Å²) in [5, 5.41) is 20.2. The van der Waals surface area contributed by atoms with E-state index in [1.165, 1.54) is 0 Å². The van der Waals surface area contributed by atoms with Gasteiger partial charge in [-0.2, -0.15) is 0 Å². The molecule has 4 rings (SSSR count). The first-order valence-corrected chi connectivity index (χ1v) is 15.6. The number of aliphatic hydroxyl groups is 1. The number of benzene rings is 2. The lowest BCUT2D eigenvalue weighted by atomic mass is 9.85. The van der Waals surface area contributed by atoms with Crippen LogP contribution in [0.4, 0.5) is 4.79 Å². The number of hydrogen-bond acceptors (Lipinski definition) is 7. The molecular formula is C34H50N4O6. The van der Waals surface area contributed by atoms with Crippen molar-refractivity contribution in [1.82, 2.24) is 16.0 Å². The van der Waals surface area contributed by atoms with Gasteiger partial charge in [0, 0.05) is 12.6 Å². The van der Waals surface area contributed by atoms with Crippen LogP contribution in [0.25, 0.3) is 0 Å². The summed E-state index contributed by atoms with van der Waals surface area (Å²) in [5.74, 6) is -0.788. The Morgan fingerprint density at radius 2 is 1.80 bits per heavy atom. The summed E-state index contributed by atoms with van der Waals surface area (Å²) >= 11 is 0. The summed E-state index contributed by atoms with van der Waals surface area (Å²) in [7, 11) is 0. The highest BCUT2D eigenvalue weighted by Crippen LogP contribution is 2.22. The van der Waals surface area contributed by atoms with E-state index in [9.17, 15) is 19.5 Å². The maximum atomic E-state index is 13.9. The predicted molar refractivity (Wildman–Crippen MR) is 170 cm³/mol. The summed E-state index contributed by atoms with van der Waals surface area (Å²) < 4.78 is 11.3. The van der Waals surface area contributed by atoms with Gasteiger partial charge in [0.1, 0.15) is 17.4 Å². The molecule has 6 atom stereocenters. The molecule has 10 heteroatoms. The highest BCUT2D eigenvalue weighted by atomic mass is 16.6. The van der Waals surface area contributed by atoms with Crippen LogP contribution in [0.1, 0.15) is 65.0 Å². The van der Waals surface area contributed by atoms with Gasteiger partial charge < -0.3 is 36.3 Å². The van der Waals surface area contributed by atoms with E-state index < -0.39 is 41.8 Å². The number of amides is 3. The minimum Gasteiger partial charge on any atom is -0.494 e. The molecule has 0 saturated heterocycles. The zero-order chi connectivity index (χ0) is 32.3. The Morgan fingerprint density at radius 3 is 2.43 bits per heavy atom. The SMILES string of the molecule is CC[C@H](C)[C@@H]1NC(=O)[C@@H](C(N)C[C@@H](O)C(Cc2ccccc2)NC(=O)OC(C)(C)C)Cc2ccc(cc2)OCCCNC1=O. The number of nitrogens with two attached hydrogens (primary N) is 1. The van der Waals surface area contributed by atoms with E-state index in [1.54, 1.807) is 20.8 Å². The molecule has 0 saturated carbocycles. The molecule has 3 amide bonds. The molecule has 10 nitrogen and oxygen atoms in total. The summed E-state index contributed by atoms with van der Waals surface area (Å²) in [4.78, 5) is 39.8. The van der Waals surface area contributed by atoms with Gasteiger partial charge in [-0.15, -0.1) is 0 Å². The fraction of sp³-hybridized carbons (Fsp3) is 0.559. The molecule has 0 aromatic heterocycles. The molecule has 0 radical (unpaired) electrons. The van der Waals surface area contributed by atoms with Crippen LogP contribution in [-0.4, -0.2) is 66.0 Å². The lowest BCUT2D eigenvalue weighted by molar-refractivity contribution is -0.132. The molecule has 2 aliphatic rings. The second-order valence-corrected chi connectivity index (χ2v) is 12.7. The van der Waals surface area contributed by atoms with Crippen molar-refractivity contribution in [2.24, 2.45) is 17.6 Å². The average Bonchev–Trinajstić information content (AvgIpc) is 2.98. The Morgan fingerprint density at radius 1 is 1.11 bits per heavy atom. The van der Waals surface area contributed by atoms with Crippen molar-refractivity contribution < 1.29 is 29.0 Å². The zero-order valence-electron chi connectivity index (χ0n) is 26.7. The third-order valence-corrected chi connectivity index (χ3v) is 7.89. The van der Waals surface area contributed by atoms with E-state index in [0.29, 0.717) is 38.2 Å². The van der Waals surface area contributed by atoms with Crippen molar-refractivity contribution >= 4 is 17.9 Å². The first-order chi connectivity index (χ1) is 20.9. The van der Waals surface area contributed by atoms with E-state index >= 15 is 0 Å². The quantitative estimate of drug-likeness (QED) is 0.292. The Labute approximate surface area is 261 Å². The number of hydrogen-bond donors (Lipinski definition) is 5. The Balaban J connectivity index is 1.87. The average molecular weight is 611 g/mol. The molecule has 2 aromatic rings. The van der Waals surface area contributed by atoms with Crippen molar-refractivity contribution in [3.05, 3.63) is 65.7 Å². The molecular weight excluding hydrogens is 560 g/mol. The molecule has 0 aliphatic carbocycles. The Hall–Kier alpha value is -3.63. The number of carbonyl (C=O) groups excluding carboxylic acids is 3. The highest BCUT2D eigenvalue weighted by molar-refractivity contribution is 5.89. The summed E-state index contributed by atoms with van der Waals surface area (Å²) in [6, 6.07) is 14.7. The second-order valence-electron chi connectivity index (χ2n) is 12.7. The molecule has 2 bridgehead atoms. The number of ether oxygens (including phenoxy) is 2. The molecule has 6 N–H and O–H groups in total. The van der Waals surface area contributed by atoms with Crippen molar-refractivity contribution in [2.75, 3.05) is 13.2 Å². The fourth-order valence-corrected chi connectivity index (χ4v) is 5.18. The molecule has 0 spiro atoms. The second kappa shape index (κ2) is 16.4.